The fourth-order valence-corrected chi connectivity index (χ4v) is 3.64. The zero-order chi connectivity index (χ0) is 22.9. The highest BCUT2D eigenvalue weighted by molar-refractivity contribution is 6.05. The molecular formula is C24H20N6O3. The number of phenolic OH excluding ortho intramolecular Hbond substituents is 1. The summed E-state index contributed by atoms with van der Waals surface area (Å²) in [6, 6.07) is 15.8. The summed E-state index contributed by atoms with van der Waals surface area (Å²) >= 11 is 0. The number of amides is 2. The number of benzene rings is 2. The number of aromatic nitrogens is 4. The zero-order valence-electron chi connectivity index (χ0n) is 17.9. The average molecular weight is 440 g/mol. The lowest BCUT2D eigenvalue weighted by molar-refractivity contribution is 0.262. The van der Waals surface area contributed by atoms with Gasteiger partial charge in [-0.05, 0) is 48.5 Å². The molecule has 5 aromatic rings. The molecule has 0 aliphatic rings. The maximum Gasteiger partial charge on any atom is 0.324 e. The van der Waals surface area contributed by atoms with Crippen LogP contribution in [0.5, 0.6) is 11.5 Å². The van der Waals surface area contributed by atoms with Crippen molar-refractivity contribution >= 4 is 39.6 Å². The summed E-state index contributed by atoms with van der Waals surface area (Å²) in [7, 11) is 3.44. The van der Waals surface area contributed by atoms with Crippen molar-refractivity contribution in [2.75, 3.05) is 17.7 Å². The Bertz CT molecular complexity index is 1510. The molecule has 0 aliphatic carbocycles. The highest BCUT2D eigenvalue weighted by Gasteiger charge is 2.11. The largest absolute Gasteiger partial charge is 0.504 e. The topological polar surface area (TPSA) is 114 Å². The standard InChI is InChI=1S/C24H20N6O3/c1-30-11-10-15-17(4-3-5-19(15)30)27-24(32)29-22-13-25-18-8-7-16(26-23(18)28-22)14-6-9-20(31)21(12-14)33-2/h3-13,31H,1-2H3,(H2,26,27,28,29,32). The molecule has 2 aromatic carbocycles. The molecule has 0 saturated carbocycles. The predicted octanol–water partition coefficient (Wildman–Crippen LogP) is 4.54. The molecule has 0 unspecified atom stereocenters. The minimum Gasteiger partial charge on any atom is -0.504 e. The van der Waals surface area contributed by atoms with Gasteiger partial charge in [0.05, 0.1) is 24.7 Å². The van der Waals surface area contributed by atoms with Gasteiger partial charge in [-0.1, -0.05) is 6.07 Å². The van der Waals surface area contributed by atoms with E-state index in [1.165, 1.54) is 13.3 Å². The number of aryl methyl sites for hydroxylation is 1. The Hall–Kier alpha value is -4.66. The molecule has 3 N–H and O–H groups in total. The summed E-state index contributed by atoms with van der Waals surface area (Å²) in [6.45, 7) is 0. The minimum atomic E-state index is -0.431. The van der Waals surface area contributed by atoms with Crippen molar-refractivity contribution in [1.29, 1.82) is 0 Å². The Balaban J connectivity index is 1.40. The van der Waals surface area contributed by atoms with Crippen LogP contribution < -0.4 is 15.4 Å². The van der Waals surface area contributed by atoms with Gasteiger partial charge in [-0.25, -0.2) is 19.7 Å². The number of fused-ring (bicyclic) bond motifs is 2. The monoisotopic (exact) mass is 440 g/mol. The van der Waals surface area contributed by atoms with E-state index in [0.29, 0.717) is 28.3 Å². The highest BCUT2D eigenvalue weighted by atomic mass is 16.5. The highest BCUT2D eigenvalue weighted by Crippen LogP contribution is 2.31. The van der Waals surface area contributed by atoms with Crippen LogP contribution >= 0.6 is 0 Å². The van der Waals surface area contributed by atoms with Gasteiger partial charge in [0, 0.05) is 29.7 Å². The molecule has 0 saturated heterocycles. The van der Waals surface area contributed by atoms with Crippen LogP contribution in [0, 0.1) is 0 Å². The van der Waals surface area contributed by atoms with Crippen molar-refractivity contribution in [2.24, 2.45) is 7.05 Å². The molecule has 5 rings (SSSR count). The Morgan fingerprint density at radius 1 is 1.06 bits per heavy atom. The van der Waals surface area contributed by atoms with Crippen molar-refractivity contribution < 1.29 is 14.6 Å². The number of nitrogens with zero attached hydrogens (tertiary/aromatic N) is 4. The summed E-state index contributed by atoms with van der Waals surface area (Å²) in [5.41, 5.74) is 4.06. The molecule has 3 heterocycles. The van der Waals surface area contributed by atoms with Gasteiger partial charge in [-0.2, -0.15) is 0 Å². The number of methoxy groups -OCH3 is 1. The summed E-state index contributed by atoms with van der Waals surface area (Å²) in [5.74, 6) is 0.666. The summed E-state index contributed by atoms with van der Waals surface area (Å²) in [6.07, 6.45) is 3.42. The van der Waals surface area contributed by atoms with E-state index in [-0.39, 0.29) is 11.6 Å². The van der Waals surface area contributed by atoms with Crippen LogP contribution in [-0.4, -0.2) is 37.8 Å². The fraction of sp³-hybridized carbons (Fsp3) is 0.0833. The maximum atomic E-state index is 12.6. The Morgan fingerprint density at radius 2 is 1.94 bits per heavy atom. The second-order valence-electron chi connectivity index (χ2n) is 7.43. The van der Waals surface area contributed by atoms with E-state index in [9.17, 15) is 9.90 Å². The second kappa shape index (κ2) is 8.12. The maximum absolute atomic E-state index is 12.6. The van der Waals surface area contributed by atoms with E-state index in [4.69, 9.17) is 4.74 Å². The number of hydrogen-bond donors (Lipinski definition) is 3. The first-order chi connectivity index (χ1) is 16.0. The van der Waals surface area contributed by atoms with E-state index in [0.717, 1.165) is 16.5 Å². The van der Waals surface area contributed by atoms with Crippen LogP contribution in [0.25, 0.3) is 33.3 Å². The number of carbonyl (C=O) groups is 1. The quantitative estimate of drug-likeness (QED) is 0.378. The third-order valence-corrected chi connectivity index (χ3v) is 5.30. The number of rotatable bonds is 4. The summed E-state index contributed by atoms with van der Waals surface area (Å²) < 4.78 is 7.16. The first kappa shape index (κ1) is 20.3. The van der Waals surface area contributed by atoms with E-state index in [2.05, 4.69) is 25.6 Å². The Kier molecular flexibility index (Phi) is 4.98. The van der Waals surface area contributed by atoms with Crippen LogP contribution in [0.15, 0.2) is 67.0 Å². The van der Waals surface area contributed by atoms with E-state index < -0.39 is 6.03 Å². The van der Waals surface area contributed by atoms with Crippen molar-refractivity contribution in [1.82, 2.24) is 19.5 Å². The lowest BCUT2D eigenvalue weighted by Crippen LogP contribution is -2.20. The van der Waals surface area contributed by atoms with Gasteiger partial charge in [0.25, 0.3) is 0 Å². The normalized spacial score (nSPS) is 11.0. The first-order valence-electron chi connectivity index (χ1n) is 10.1. The molecule has 33 heavy (non-hydrogen) atoms. The summed E-state index contributed by atoms with van der Waals surface area (Å²) in [4.78, 5) is 25.9. The first-order valence-corrected chi connectivity index (χ1v) is 10.1. The fourth-order valence-electron chi connectivity index (χ4n) is 3.64. The van der Waals surface area contributed by atoms with Gasteiger partial charge in [-0.3, -0.25) is 5.32 Å². The number of nitrogens with one attached hydrogen (secondary N) is 2. The van der Waals surface area contributed by atoms with Crippen molar-refractivity contribution in [3.05, 3.63) is 67.0 Å². The van der Waals surface area contributed by atoms with Crippen LogP contribution in [-0.2, 0) is 7.05 Å². The number of carbonyl (C=O) groups excluding carboxylic acids is 1. The van der Waals surface area contributed by atoms with E-state index >= 15 is 0 Å². The Labute approximate surface area is 188 Å². The number of anilines is 2. The molecule has 164 valence electrons. The number of urea groups is 1. The number of pyridine rings is 1. The molecule has 9 heteroatoms. The molecule has 0 spiro atoms. The molecule has 0 aliphatic heterocycles. The van der Waals surface area contributed by atoms with Crippen molar-refractivity contribution in [3.8, 4) is 22.8 Å². The van der Waals surface area contributed by atoms with Gasteiger partial charge in [0.1, 0.15) is 5.52 Å². The Morgan fingerprint density at radius 3 is 2.79 bits per heavy atom. The second-order valence-corrected chi connectivity index (χ2v) is 7.43. The average Bonchev–Trinajstić information content (AvgIpc) is 3.20. The molecule has 0 bridgehead atoms. The smallest absolute Gasteiger partial charge is 0.324 e. The number of hydrogen-bond acceptors (Lipinski definition) is 6. The molecule has 0 atom stereocenters. The van der Waals surface area contributed by atoms with E-state index in [1.807, 2.05) is 48.1 Å². The van der Waals surface area contributed by atoms with Crippen LogP contribution in [0.2, 0.25) is 0 Å². The SMILES string of the molecule is COc1cc(-c2ccc3ncc(NC(=O)Nc4cccc5c4ccn5C)nc3n2)ccc1O. The number of ether oxygens (including phenoxy) is 1. The lowest BCUT2D eigenvalue weighted by Gasteiger charge is -2.09. The number of phenols is 1. The van der Waals surface area contributed by atoms with Crippen molar-refractivity contribution in [3.63, 3.8) is 0 Å². The minimum absolute atomic E-state index is 0.0468. The third kappa shape index (κ3) is 3.87. The predicted molar refractivity (Wildman–Crippen MR) is 127 cm³/mol. The molecular weight excluding hydrogens is 420 g/mol. The van der Waals surface area contributed by atoms with Crippen LogP contribution in [0.4, 0.5) is 16.3 Å². The van der Waals surface area contributed by atoms with Crippen LogP contribution in [0.1, 0.15) is 0 Å². The summed E-state index contributed by atoms with van der Waals surface area (Å²) in [5, 5.41) is 16.3. The third-order valence-electron chi connectivity index (χ3n) is 5.30. The molecule has 3 aromatic heterocycles. The van der Waals surface area contributed by atoms with Gasteiger partial charge in [-0.15, -0.1) is 0 Å². The number of aromatic hydroxyl groups is 1. The molecule has 9 nitrogen and oxygen atoms in total. The van der Waals surface area contributed by atoms with Crippen molar-refractivity contribution in [2.45, 2.75) is 0 Å². The van der Waals surface area contributed by atoms with Gasteiger partial charge < -0.3 is 19.7 Å². The van der Waals surface area contributed by atoms with Crippen LogP contribution in [0.3, 0.4) is 0 Å². The van der Waals surface area contributed by atoms with Gasteiger partial charge in [0.2, 0.25) is 0 Å². The zero-order valence-corrected chi connectivity index (χ0v) is 17.9. The molecule has 0 radical (unpaired) electrons. The lowest BCUT2D eigenvalue weighted by atomic mass is 10.1. The van der Waals surface area contributed by atoms with Gasteiger partial charge in [0.15, 0.2) is 23.0 Å². The van der Waals surface area contributed by atoms with E-state index in [1.54, 1.807) is 24.3 Å². The molecule has 2 amide bonds. The van der Waals surface area contributed by atoms with Gasteiger partial charge >= 0.3 is 6.03 Å². The molecule has 0 fully saturated rings.